The molecule has 5 nitrogen and oxygen atoms in total. The van der Waals surface area contributed by atoms with Crippen LogP contribution >= 0.6 is 0 Å². The molecule has 0 aliphatic carbocycles. The lowest BCUT2D eigenvalue weighted by atomic mass is 10.0. The molecular formula is C18H19N3O2. The molecule has 2 aromatic heterocycles. The van der Waals surface area contributed by atoms with Gasteiger partial charge in [-0.05, 0) is 44.9 Å². The van der Waals surface area contributed by atoms with Gasteiger partial charge in [-0.3, -0.25) is 4.98 Å². The Morgan fingerprint density at radius 2 is 1.96 bits per heavy atom. The second-order valence-corrected chi connectivity index (χ2v) is 6.31. The quantitative estimate of drug-likeness (QED) is 0.722. The molecule has 0 unspecified atom stereocenters. The van der Waals surface area contributed by atoms with Gasteiger partial charge in [-0.15, -0.1) is 0 Å². The molecular weight excluding hydrogens is 290 g/mol. The van der Waals surface area contributed by atoms with Crippen LogP contribution < -0.4 is 0 Å². The van der Waals surface area contributed by atoms with Gasteiger partial charge in [0.1, 0.15) is 0 Å². The summed E-state index contributed by atoms with van der Waals surface area (Å²) in [6, 6.07) is 6.30. The molecule has 1 fully saturated rings. The minimum absolute atomic E-state index is 0.241. The van der Waals surface area contributed by atoms with Gasteiger partial charge in [0.05, 0.1) is 17.7 Å². The molecule has 3 heterocycles. The van der Waals surface area contributed by atoms with Crippen LogP contribution in [0, 0.1) is 20.8 Å². The van der Waals surface area contributed by atoms with Crippen LogP contribution in [0.2, 0.25) is 0 Å². The lowest BCUT2D eigenvalue weighted by Crippen LogP contribution is -1.99. The lowest BCUT2D eigenvalue weighted by molar-refractivity contribution is 0.192. The zero-order valence-corrected chi connectivity index (χ0v) is 13.6. The molecule has 4 rings (SSSR count). The fraction of sp³-hybridized carbons (Fsp3) is 0.389. The van der Waals surface area contributed by atoms with E-state index in [1.54, 1.807) is 0 Å². The Morgan fingerprint density at radius 3 is 2.74 bits per heavy atom. The summed E-state index contributed by atoms with van der Waals surface area (Å²) < 4.78 is 11.0. The third-order valence-electron chi connectivity index (χ3n) is 4.34. The van der Waals surface area contributed by atoms with Gasteiger partial charge in [0.25, 0.3) is 5.89 Å². The summed E-state index contributed by atoms with van der Waals surface area (Å²) in [7, 11) is 0. The van der Waals surface area contributed by atoms with E-state index in [1.807, 2.05) is 13.0 Å². The monoisotopic (exact) mass is 309 g/mol. The van der Waals surface area contributed by atoms with E-state index in [0.29, 0.717) is 12.5 Å². The van der Waals surface area contributed by atoms with Crippen LogP contribution in [0.15, 0.2) is 22.7 Å². The Morgan fingerprint density at radius 1 is 1.09 bits per heavy atom. The minimum atomic E-state index is 0.241. The topological polar surface area (TPSA) is 61.0 Å². The Kier molecular flexibility index (Phi) is 3.38. The molecule has 0 spiro atoms. The van der Waals surface area contributed by atoms with Gasteiger partial charge in [-0.2, -0.15) is 4.98 Å². The van der Waals surface area contributed by atoms with Crippen LogP contribution in [0.25, 0.3) is 22.4 Å². The number of fused-ring (bicyclic) bond motifs is 1. The number of nitrogens with zero attached hydrogens (tertiary/aromatic N) is 3. The van der Waals surface area contributed by atoms with E-state index in [-0.39, 0.29) is 5.92 Å². The van der Waals surface area contributed by atoms with Crippen LogP contribution in [-0.2, 0) is 4.74 Å². The van der Waals surface area contributed by atoms with Crippen molar-refractivity contribution in [3.63, 3.8) is 0 Å². The van der Waals surface area contributed by atoms with Gasteiger partial charge >= 0.3 is 0 Å². The normalized spacial score (nSPS) is 18.0. The number of hydrogen-bond acceptors (Lipinski definition) is 5. The highest BCUT2D eigenvalue weighted by atomic mass is 16.5. The molecule has 23 heavy (non-hydrogen) atoms. The highest BCUT2D eigenvalue weighted by Crippen LogP contribution is 2.32. The zero-order chi connectivity index (χ0) is 16.0. The largest absolute Gasteiger partial charge is 0.381 e. The molecule has 1 aliphatic heterocycles. The summed E-state index contributed by atoms with van der Waals surface area (Å²) in [5, 5.41) is 5.23. The predicted octanol–water partition coefficient (Wildman–Crippen LogP) is 3.71. The first-order valence-corrected chi connectivity index (χ1v) is 7.92. The minimum Gasteiger partial charge on any atom is -0.381 e. The van der Waals surface area contributed by atoms with Gasteiger partial charge in [0.15, 0.2) is 5.82 Å². The lowest BCUT2D eigenvalue weighted by Gasteiger charge is -2.08. The molecule has 0 amide bonds. The number of aromatic nitrogens is 3. The Bertz CT molecular complexity index is 879. The van der Waals surface area contributed by atoms with Crippen molar-refractivity contribution < 1.29 is 9.26 Å². The Labute approximate surface area is 134 Å². The summed E-state index contributed by atoms with van der Waals surface area (Å²) in [6.45, 7) is 7.60. The fourth-order valence-electron chi connectivity index (χ4n) is 3.23. The van der Waals surface area contributed by atoms with Gasteiger partial charge in [0, 0.05) is 23.6 Å². The predicted molar refractivity (Wildman–Crippen MR) is 87.4 cm³/mol. The third kappa shape index (κ3) is 2.51. The van der Waals surface area contributed by atoms with Gasteiger partial charge in [-0.1, -0.05) is 16.8 Å². The van der Waals surface area contributed by atoms with Crippen LogP contribution in [-0.4, -0.2) is 28.3 Å². The summed E-state index contributed by atoms with van der Waals surface area (Å²) in [5.41, 5.74) is 5.26. The summed E-state index contributed by atoms with van der Waals surface area (Å²) in [6.07, 6.45) is 0.952. The number of rotatable bonds is 2. The molecule has 1 atom stereocenters. The van der Waals surface area contributed by atoms with E-state index >= 15 is 0 Å². The molecule has 3 aromatic rings. The first-order chi connectivity index (χ1) is 11.1. The van der Waals surface area contributed by atoms with Crippen molar-refractivity contribution in [1.29, 1.82) is 0 Å². The van der Waals surface area contributed by atoms with Crippen LogP contribution in [0.5, 0.6) is 0 Å². The zero-order valence-electron chi connectivity index (χ0n) is 13.6. The maximum Gasteiger partial charge on any atom is 0.258 e. The standard InChI is InChI=1S/C18H19N3O2/c1-10-6-11(2)16-14(7-10)15(8-12(3)19-16)18-20-17(21-23-18)13-4-5-22-9-13/h6-8,13H,4-5,9H2,1-3H3/t13-/m0/s1. The van der Waals surface area contributed by atoms with Crippen molar-refractivity contribution in [3.05, 3.63) is 40.8 Å². The van der Waals surface area contributed by atoms with Crippen molar-refractivity contribution in [1.82, 2.24) is 15.1 Å². The molecule has 1 saturated heterocycles. The maximum absolute atomic E-state index is 5.56. The third-order valence-corrected chi connectivity index (χ3v) is 4.34. The smallest absolute Gasteiger partial charge is 0.258 e. The molecule has 0 N–H and O–H groups in total. The Balaban J connectivity index is 1.88. The first kappa shape index (κ1) is 14.3. The number of hydrogen-bond donors (Lipinski definition) is 0. The van der Waals surface area contributed by atoms with Gasteiger partial charge in [-0.25, -0.2) is 0 Å². The molecule has 1 aliphatic rings. The van der Waals surface area contributed by atoms with Crippen LogP contribution in [0.4, 0.5) is 0 Å². The maximum atomic E-state index is 5.56. The number of pyridine rings is 1. The number of ether oxygens (including phenoxy) is 1. The van der Waals surface area contributed by atoms with Crippen molar-refractivity contribution >= 4 is 10.9 Å². The van der Waals surface area contributed by atoms with Crippen molar-refractivity contribution in [2.24, 2.45) is 0 Å². The first-order valence-electron chi connectivity index (χ1n) is 7.92. The number of aryl methyl sites for hydroxylation is 3. The van der Waals surface area contributed by atoms with E-state index in [2.05, 4.69) is 41.1 Å². The van der Waals surface area contributed by atoms with E-state index in [4.69, 9.17) is 9.26 Å². The average molecular weight is 309 g/mol. The van der Waals surface area contributed by atoms with E-state index in [1.165, 1.54) is 5.56 Å². The summed E-state index contributed by atoms with van der Waals surface area (Å²) in [4.78, 5) is 9.30. The van der Waals surface area contributed by atoms with Crippen molar-refractivity contribution in [2.45, 2.75) is 33.1 Å². The number of benzene rings is 1. The highest BCUT2D eigenvalue weighted by molar-refractivity contribution is 5.94. The summed E-state index contributed by atoms with van der Waals surface area (Å²) in [5.74, 6) is 1.54. The second kappa shape index (κ2) is 5.42. The molecule has 5 heteroatoms. The summed E-state index contributed by atoms with van der Waals surface area (Å²) >= 11 is 0. The SMILES string of the molecule is Cc1cc(C)c2nc(C)cc(-c3nc([C@H]4CCOC4)no3)c2c1. The van der Waals surface area contributed by atoms with Gasteiger partial charge < -0.3 is 9.26 Å². The van der Waals surface area contributed by atoms with Gasteiger partial charge in [0.2, 0.25) is 0 Å². The molecule has 1 aromatic carbocycles. The average Bonchev–Trinajstić information content (AvgIpc) is 3.18. The fourth-order valence-corrected chi connectivity index (χ4v) is 3.23. The highest BCUT2D eigenvalue weighted by Gasteiger charge is 2.24. The van der Waals surface area contributed by atoms with Crippen LogP contribution in [0.1, 0.15) is 35.0 Å². The van der Waals surface area contributed by atoms with Crippen molar-refractivity contribution in [2.75, 3.05) is 13.2 Å². The molecule has 0 bridgehead atoms. The van der Waals surface area contributed by atoms with Crippen molar-refractivity contribution in [3.8, 4) is 11.5 Å². The van der Waals surface area contributed by atoms with E-state index < -0.39 is 0 Å². The van der Waals surface area contributed by atoms with E-state index in [0.717, 1.165) is 46.6 Å². The second-order valence-electron chi connectivity index (χ2n) is 6.31. The molecule has 118 valence electrons. The molecule has 0 radical (unpaired) electrons. The van der Waals surface area contributed by atoms with E-state index in [9.17, 15) is 0 Å². The Hall–Kier alpha value is -2.27. The van der Waals surface area contributed by atoms with Crippen LogP contribution in [0.3, 0.4) is 0 Å². The molecule has 0 saturated carbocycles.